The van der Waals surface area contributed by atoms with Crippen molar-refractivity contribution in [1.29, 1.82) is 0 Å². The van der Waals surface area contributed by atoms with Gasteiger partial charge in [-0.15, -0.1) is 0 Å². The van der Waals surface area contributed by atoms with Crippen molar-refractivity contribution in [2.75, 3.05) is 32.8 Å². The Morgan fingerprint density at radius 2 is 1.97 bits per heavy atom. The topological polar surface area (TPSA) is 49.8 Å². The van der Waals surface area contributed by atoms with E-state index in [1.807, 2.05) is 18.5 Å². The quantitative estimate of drug-likeness (QED) is 0.630. The van der Waals surface area contributed by atoms with E-state index in [9.17, 15) is 0 Å². The lowest BCUT2D eigenvalue weighted by atomic mass is 10.0. The molecule has 2 aromatic carbocycles. The number of nitrogens with one attached hydrogen (secondary N) is 1. The molecule has 0 amide bonds. The zero-order valence-electron chi connectivity index (χ0n) is 17.4. The summed E-state index contributed by atoms with van der Waals surface area (Å²) in [5, 5.41) is 4.81. The largest absolute Gasteiger partial charge is 0.379 e. The van der Waals surface area contributed by atoms with Crippen molar-refractivity contribution >= 4 is 35.0 Å². The lowest BCUT2D eigenvalue weighted by Crippen LogP contribution is -2.43. The molecular weight excluding hydrogens is 404 g/mol. The van der Waals surface area contributed by atoms with Crippen molar-refractivity contribution in [2.45, 2.75) is 11.5 Å². The third-order valence-electron chi connectivity index (χ3n) is 5.68. The van der Waals surface area contributed by atoms with Crippen LogP contribution in [0.1, 0.15) is 17.2 Å². The van der Waals surface area contributed by atoms with Crippen LogP contribution in [0.5, 0.6) is 0 Å². The molecule has 5 rings (SSSR count). The van der Waals surface area contributed by atoms with E-state index in [0.29, 0.717) is 6.04 Å². The van der Waals surface area contributed by atoms with Crippen LogP contribution in [-0.2, 0) is 4.74 Å². The molecule has 31 heavy (non-hydrogen) atoms. The van der Waals surface area contributed by atoms with E-state index in [-0.39, 0.29) is 5.50 Å². The minimum atomic E-state index is 0.0422. The molecule has 158 valence electrons. The molecule has 0 spiro atoms. The van der Waals surface area contributed by atoms with E-state index in [4.69, 9.17) is 4.74 Å². The van der Waals surface area contributed by atoms with Crippen LogP contribution >= 0.6 is 11.8 Å². The zero-order valence-corrected chi connectivity index (χ0v) is 18.2. The standard InChI is InChI=1S/C25H26N4OS/c1-2-5-20(6-3-1)24(29-11-13-30-14-12-29)18-28-25-27-17-22(31-25)16-19-8-9-23-21(15-19)7-4-10-26-23/h1-10,15-17,24-25,28H,11-14,18H2/b22-16-. The number of hydrogen-bond acceptors (Lipinski definition) is 6. The Labute approximate surface area is 187 Å². The van der Waals surface area contributed by atoms with Gasteiger partial charge in [0, 0.05) is 48.4 Å². The van der Waals surface area contributed by atoms with Gasteiger partial charge < -0.3 is 4.74 Å². The van der Waals surface area contributed by atoms with Gasteiger partial charge in [-0.2, -0.15) is 0 Å². The molecule has 1 saturated heterocycles. The van der Waals surface area contributed by atoms with Crippen LogP contribution in [0.25, 0.3) is 17.0 Å². The smallest absolute Gasteiger partial charge is 0.151 e. The minimum absolute atomic E-state index is 0.0422. The summed E-state index contributed by atoms with van der Waals surface area (Å²) in [6, 6.07) is 21.5. The molecule has 0 aliphatic carbocycles. The van der Waals surface area contributed by atoms with E-state index in [1.54, 1.807) is 11.8 Å². The maximum Gasteiger partial charge on any atom is 0.151 e. The van der Waals surface area contributed by atoms with Gasteiger partial charge in [-0.1, -0.05) is 54.2 Å². The van der Waals surface area contributed by atoms with Gasteiger partial charge in [0.25, 0.3) is 0 Å². The van der Waals surface area contributed by atoms with Gasteiger partial charge in [0.1, 0.15) is 0 Å². The molecule has 3 heterocycles. The fourth-order valence-electron chi connectivity index (χ4n) is 4.08. The number of pyridine rings is 1. The molecule has 2 aliphatic heterocycles. The van der Waals surface area contributed by atoms with E-state index in [0.717, 1.165) is 43.8 Å². The predicted molar refractivity (Wildman–Crippen MR) is 129 cm³/mol. The number of ether oxygens (including phenoxy) is 1. The molecule has 0 saturated carbocycles. The van der Waals surface area contributed by atoms with Crippen LogP contribution in [0, 0.1) is 0 Å². The highest BCUT2D eigenvalue weighted by Gasteiger charge is 2.24. The molecular formula is C25H26N4OS. The summed E-state index contributed by atoms with van der Waals surface area (Å²) >= 11 is 1.76. The molecule has 6 heteroatoms. The Morgan fingerprint density at radius 1 is 1.10 bits per heavy atom. The van der Waals surface area contributed by atoms with Gasteiger partial charge in [-0.05, 0) is 35.4 Å². The molecule has 1 fully saturated rings. The third kappa shape index (κ3) is 5.05. The van der Waals surface area contributed by atoms with Gasteiger partial charge in [-0.3, -0.25) is 20.2 Å². The first kappa shape index (κ1) is 20.4. The molecule has 1 N–H and O–H groups in total. The minimum Gasteiger partial charge on any atom is -0.379 e. The number of morpholine rings is 1. The fourth-order valence-corrected chi connectivity index (χ4v) is 4.96. The molecule has 2 unspecified atom stereocenters. The number of benzene rings is 2. The fraction of sp³-hybridized carbons (Fsp3) is 0.280. The SMILES string of the molecule is C1=NC(NCC(c2ccccc2)N2CCOCC2)S/C1=C\c1ccc2ncccc2c1. The van der Waals surface area contributed by atoms with Gasteiger partial charge >= 0.3 is 0 Å². The average molecular weight is 431 g/mol. The van der Waals surface area contributed by atoms with Crippen LogP contribution in [0.4, 0.5) is 0 Å². The third-order valence-corrected chi connectivity index (χ3v) is 6.68. The van der Waals surface area contributed by atoms with E-state index in [2.05, 4.69) is 80.9 Å². The summed E-state index contributed by atoms with van der Waals surface area (Å²) in [6.07, 6.45) is 6.00. The Morgan fingerprint density at radius 3 is 2.84 bits per heavy atom. The maximum atomic E-state index is 5.56. The number of aromatic nitrogens is 1. The number of thioether (sulfide) groups is 1. The summed E-state index contributed by atoms with van der Waals surface area (Å²) in [6.45, 7) is 4.38. The van der Waals surface area contributed by atoms with Gasteiger partial charge in [0.15, 0.2) is 5.50 Å². The molecule has 5 nitrogen and oxygen atoms in total. The summed E-state index contributed by atoms with van der Waals surface area (Å²) in [7, 11) is 0. The normalized spacial score (nSPS) is 21.7. The second kappa shape index (κ2) is 9.75. The van der Waals surface area contributed by atoms with Crippen molar-refractivity contribution in [1.82, 2.24) is 15.2 Å². The highest BCUT2D eigenvalue weighted by molar-refractivity contribution is 8.04. The summed E-state index contributed by atoms with van der Waals surface area (Å²) in [4.78, 5) is 12.8. The van der Waals surface area contributed by atoms with Crippen molar-refractivity contribution in [2.24, 2.45) is 4.99 Å². The Balaban J connectivity index is 1.24. The molecule has 3 aromatic rings. The summed E-state index contributed by atoms with van der Waals surface area (Å²) in [5.74, 6) is 0. The van der Waals surface area contributed by atoms with Crippen LogP contribution in [0.2, 0.25) is 0 Å². The van der Waals surface area contributed by atoms with Crippen LogP contribution in [0.15, 0.2) is 76.8 Å². The number of aliphatic imine (C=N–C) groups is 1. The van der Waals surface area contributed by atoms with Gasteiger partial charge in [-0.25, -0.2) is 0 Å². The highest BCUT2D eigenvalue weighted by Crippen LogP contribution is 2.29. The first-order valence-corrected chi connectivity index (χ1v) is 11.6. The molecule has 0 radical (unpaired) electrons. The number of hydrogen-bond donors (Lipinski definition) is 1. The highest BCUT2D eigenvalue weighted by atomic mass is 32.2. The lowest BCUT2D eigenvalue weighted by Gasteiger charge is -2.35. The number of nitrogens with zero attached hydrogens (tertiary/aromatic N) is 3. The number of rotatable bonds is 6. The van der Waals surface area contributed by atoms with E-state index < -0.39 is 0 Å². The molecule has 0 bridgehead atoms. The first-order valence-electron chi connectivity index (χ1n) is 10.7. The monoisotopic (exact) mass is 430 g/mol. The van der Waals surface area contributed by atoms with Gasteiger partial charge in [0.2, 0.25) is 0 Å². The van der Waals surface area contributed by atoms with E-state index in [1.165, 1.54) is 16.0 Å². The van der Waals surface area contributed by atoms with Crippen LogP contribution in [0.3, 0.4) is 0 Å². The molecule has 2 atom stereocenters. The van der Waals surface area contributed by atoms with Crippen LogP contribution in [-0.4, -0.2) is 54.4 Å². The van der Waals surface area contributed by atoms with Crippen molar-refractivity contribution < 1.29 is 4.74 Å². The number of allylic oxidation sites excluding steroid dienone is 1. The van der Waals surface area contributed by atoms with Crippen molar-refractivity contribution in [3.63, 3.8) is 0 Å². The average Bonchev–Trinajstić information content (AvgIpc) is 3.28. The van der Waals surface area contributed by atoms with Crippen molar-refractivity contribution in [3.05, 3.63) is 82.9 Å². The lowest BCUT2D eigenvalue weighted by molar-refractivity contribution is 0.0161. The Bertz CT molecular complexity index is 1080. The second-order valence-electron chi connectivity index (χ2n) is 7.73. The summed E-state index contributed by atoms with van der Waals surface area (Å²) < 4.78 is 5.56. The predicted octanol–water partition coefficient (Wildman–Crippen LogP) is 4.34. The Hall–Kier alpha value is -2.51. The molecule has 1 aromatic heterocycles. The van der Waals surface area contributed by atoms with Gasteiger partial charge in [0.05, 0.1) is 18.7 Å². The zero-order chi connectivity index (χ0) is 20.9. The Kier molecular flexibility index (Phi) is 6.41. The maximum absolute atomic E-state index is 5.56. The molecule has 2 aliphatic rings. The number of fused-ring (bicyclic) bond motifs is 1. The second-order valence-corrected chi connectivity index (χ2v) is 8.89. The van der Waals surface area contributed by atoms with Crippen molar-refractivity contribution in [3.8, 4) is 0 Å². The van der Waals surface area contributed by atoms with Crippen LogP contribution < -0.4 is 5.32 Å². The van der Waals surface area contributed by atoms with E-state index >= 15 is 0 Å². The first-order chi connectivity index (χ1) is 15.3. The summed E-state index contributed by atoms with van der Waals surface area (Å²) in [5.41, 5.74) is 3.57.